The smallest absolute Gasteiger partial charge is 0.277 e. The van der Waals surface area contributed by atoms with Gasteiger partial charge in [0.25, 0.3) is 11.8 Å². The Morgan fingerprint density at radius 3 is 2.41 bits per heavy atom. The molecule has 1 aromatic heterocycles. The number of ether oxygens (including phenoxy) is 1. The normalized spacial score (nSPS) is 10.3. The number of aryl methyl sites for hydroxylation is 1. The topological polar surface area (TPSA) is 93.5 Å². The van der Waals surface area contributed by atoms with Crippen molar-refractivity contribution < 1.29 is 18.8 Å². The van der Waals surface area contributed by atoms with Crippen LogP contribution in [-0.4, -0.2) is 24.1 Å². The molecule has 0 fully saturated rings. The summed E-state index contributed by atoms with van der Waals surface area (Å²) in [5, 5.41) is 9.20. The lowest BCUT2D eigenvalue weighted by atomic mass is 10.2. The third kappa shape index (κ3) is 4.72. The van der Waals surface area contributed by atoms with Crippen molar-refractivity contribution in [3.8, 4) is 5.75 Å². The molecular formula is C20H19N3O4. The average molecular weight is 365 g/mol. The maximum absolute atomic E-state index is 12.2. The number of aromatic nitrogens is 1. The van der Waals surface area contributed by atoms with Crippen LogP contribution in [0.5, 0.6) is 5.75 Å². The van der Waals surface area contributed by atoms with E-state index in [1.54, 1.807) is 31.4 Å². The van der Waals surface area contributed by atoms with E-state index in [4.69, 9.17) is 9.26 Å². The number of hydrogen-bond acceptors (Lipinski definition) is 5. The summed E-state index contributed by atoms with van der Waals surface area (Å²) in [6, 6.07) is 15.7. The Morgan fingerprint density at radius 2 is 1.74 bits per heavy atom. The predicted octanol–water partition coefficient (Wildman–Crippen LogP) is 3.17. The Morgan fingerprint density at radius 1 is 1.04 bits per heavy atom. The van der Waals surface area contributed by atoms with E-state index in [1.165, 1.54) is 6.07 Å². The van der Waals surface area contributed by atoms with E-state index in [2.05, 4.69) is 15.8 Å². The van der Waals surface area contributed by atoms with Gasteiger partial charge in [-0.25, -0.2) is 0 Å². The average Bonchev–Trinajstić information content (AvgIpc) is 3.17. The molecule has 0 saturated carbocycles. The lowest BCUT2D eigenvalue weighted by Crippen LogP contribution is -2.22. The van der Waals surface area contributed by atoms with Gasteiger partial charge >= 0.3 is 0 Å². The van der Waals surface area contributed by atoms with E-state index < -0.39 is 0 Å². The molecule has 0 unspecified atom stereocenters. The number of anilines is 1. The number of carbonyl (C=O) groups excluding carboxylic acids is 2. The second-order valence-electron chi connectivity index (χ2n) is 5.91. The number of carbonyl (C=O) groups is 2. The van der Waals surface area contributed by atoms with Crippen LogP contribution in [0.4, 0.5) is 5.69 Å². The number of nitrogens with one attached hydrogen (secondary N) is 2. The van der Waals surface area contributed by atoms with E-state index >= 15 is 0 Å². The number of nitrogens with zero attached hydrogens (tertiary/aromatic N) is 1. The van der Waals surface area contributed by atoms with Gasteiger partial charge in [0.2, 0.25) is 0 Å². The Balaban J connectivity index is 1.56. The van der Waals surface area contributed by atoms with Gasteiger partial charge < -0.3 is 19.9 Å². The summed E-state index contributed by atoms with van der Waals surface area (Å²) < 4.78 is 10.2. The quantitative estimate of drug-likeness (QED) is 0.700. The standard InChI is InChI=1S/C20H19N3O4/c1-13-3-7-15(8-4-13)22-20(25)18-11-17(27-23-18)12-21-19(24)14-5-9-16(26-2)10-6-14/h3-11H,12H2,1-2H3,(H,21,24)(H,22,25). The number of rotatable bonds is 6. The van der Waals surface area contributed by atoms with Crippen LogP contribution in [0.3, 0.4) is 0 Å². The van der Waals surface area contributed by atoms with Crippen LogP contribution in [0.25, 0.3) is 0 Å². The minimum Gasteiger partial charge on any atom is -0.497 e. The third-order valence-electron chi connectivity index (χ3n) is 3.88. The van der Waals surface area contributed by atoms with Gasteiger partial charge in [-0.3, -0.25) is 9.59 Å². The first-order valence-corrected chi connectivity index (χ1v) is 8.31. The number of amides is 2. The first-order valence-electron chi connectivity index (χ1n) is 8.31. The molecule has 138 valence electrons. The van der Waals surface area contributed by atoms with Crippen LogP contribution in [0.2, 0.25) is 0 Å². The van der Waals surface area contributed by atoms with Crippen LogP contribution in [-0.2, 0) is 6.54 Å². The van der Waals surface area contributed by atoms with Gasteiger partial charge in [0.15, 0.2) is 11.5 Å². The molecule has 2 N–H and O–H groups in total. The zero-order valence-corrected chi connectivity index (χ0v) is 15.0. The molecule has 0 saturated heterocycles. The van der Waals surface area contributed by atoms with E-state index in [0.717, 1.165) is 5.56 Å². The Kier molecular flexibility index (Phi) is 5.51. The molecule has 3 aromatic rings. The van der Waals surface area contributed by atoms with Crippen molar-refractivity contribution in [3.63, 3.8) is 0 Å². The summed E-state index contributed by atoms with van der Waals surface area (Å²) in [4.78, 5) is 24.3. The molecule has 7 nitrogen and oxygen atoms in total. The second-order valence-corrected chi connectivity index (χ2v) is 5.91. The van der Waals surface area contributed by atoms with E-state index in [1.807, 2.05) is 31.2 Å². The van der Waals surface area contributed by atoms with Crippen LogP contribution >= 0.6 is 0 Å². The molecule has 0 spiro atoms. The Hall–Kier alpha value is -3.61. The predicted molar refractivity (Wildman–Crippen MR) is 99.8 cm³/mol. The van der Waals surface area contributed by atoms with Crippen LogP contribution < -0.4 is 15.4 Å². The maximum Gasteiger partial charge on any atom is 0.277 e. The van der Waals surface area contributed by atoms with E-state index in [9.17, 15) is 9.59 Å². The fraction of sp³-hybridized carbons (Fsp3) is 0.150. The van der Waals surface area contributed by atoms with Gasteiger partial charge in [-0.15, -0.1) is 0 Å². The molecule has 7 heteroatoms. The Labute approximate surface area is 156 Å². The summed E-state index contributed by atoms with van der Waals surface area (Å²) in [6.07, 6.45) is 0. The maximum atomic E-state index is 12.2. The van der Waals surface area contributed by atoms with Crippen molar-refractivity contribution in [3.05, 3.63) is 77.2 Å². The SMILES string of the molecule is COc1ccc(C(=O)NCc2cc(C(=O)Nc3ccc(C)cc3)no2)cc1. The third-order valence-corrected chi connectivity index (χ3v) is 3.88. The van der Waals surface area contributed by atoms with Gasteiger partial charge in [-0.1, -0.05) is 22.9 Å². The van der Waals surface area contributed by atoms with Crippen molar-refractivity contribution >= 4 is 17.5 Å². The zero-order valence-electron chi connectivity index (χ0n) is 15.0. The van der Waals surface area contributed by atoms with Gasteiger partial charge in [0.1, 0.15) is 5.75 Å². The van der Waals surface area contributed by atoms with Crippen molar-refractivity contribution in [1.29, 1.82) is 0 Å². The van der Waals surface area contributed by atoms with Gasteiger partial charge in [0, 0.05) is 17.3 Å². The second kappa shape index (κ2) is 8.18. The first-order chi connectivity index (χ1) is 13.0. The summed E-state index contributed by atoms with van der Waals surface area (Å²) in [5.41, 5.74) is 2.41. The van der Waals surface area contributed by atoms with Crippen molar-refractivity contribution in [2.75, 3.05) is 12.4 Å². The number of benzene rings is 2. The molecule has 2 aromatic carbocycles. The lowest BCUT2D eigenvalue weighted by Gasteiger charge is -2.04. The molecule has 2 amide bonds. The number of hydrogen-bond donors (Lipinski definition) is 2. The highest BCUT2D eigenvalue weighted by molar-refractivity contribution is 6.02. The zero-order chi connectivity index (χ0) is 19.2. The molecule has 0 aliphatic carbocycles. The van der Waals surface area contributed by atoms with Crippen LogP contribution in [0.1, 0.15) is 32.2 Å². The van der Waals surface area contributed by atoms with Gasteiger partial charge in [0.05, 0.1) is 13.7 Å². The fourth-order valence-corrected chi connectivity index (χ4v) is 2.35. The monoisotopic (exact) mass is 365 g/mol. The van der Waals surface area contributed by atoms with Gasteiger partial charge in [-0.2, -0.15) is 0 Å². The van der Waals surface area contributed by atoms with E-state index in [0.29, 0.717) is 22.8 Å². The summed E-state index contributed by atoms with van der Waals surface area (Å²) in [6.45, 7) is 2.09. The molecule has 3 rings (SSSR count). The molecule has 0 radical (unpaired) electrons. The minimum absolute atomic E-state index is 0.121. The lowest BCUT2D eigenvalue weighted by molar-refractivity contribution is 0.0945. The molecule has 0 bridgehead atoms. The van der Waals surface area contributed by atoms with Crippen molar-refractivity contribution in [2.45, 2.75) is 13.5 Å². The first kappa shape index (κ1) is 18.2. The largest absolute Gasteiger partial charge is 0.497 e. The van der Waals surface area contributed by atoms with Crippen LogP contribution in [0, 0.1) is 6.92 Å². The molecule has 0 atom stereocenters. The minimum atomic E-state index is -0.379. The molecule has 0 aliphatic rings. The fourth-order valence-electron chi connectivity index (χ4n) is 2.35. The summed E-state index contributed by atoms with van der Waals surface area (Å²) >= 11 is 0. The van der Waals surface area contributed by atoms with Crippen molar-refractivity contribution in [1.82, 2.24) is 10.5 Å². The highest BCUT2D eigenvalue weighted by atomic mass is 16.5. The Bertz CT molecular complexity index is 931. The number of methoxy groups -OCH3 is 1. The summed E-state index contributed by atoms with van der Waals surface area (Å²) in [5.74, 6) is 0.409. The molecular weight excluding hydrogens is 346 g/mol. The molecule has 0 aliphatic heterocycles. The molecule has 1 heterocycles. The van der Waals surface area contributed by atoms with Crippen molar-refractivity contribution in [2.24, 2.45) is 0 Å². The van der Waals surface area contributed by atoms with Gasteiger partial charge in [-0.05, 0) is 43.3 Å². The highest BCUT2D eigenvalue weighted by Crippen LogP contribution is 2.13. The van der Waals surface area contributed by atoms with E-state index in [-0.39, 0.29) is 24.1 Å². The summed E-state index contributed by atoms with van der Waals surface area (Å²) in [7, 11) is 1.56. The van der Waals surface area contributed by atoms with Crippen LogP contribution in [0.15, 0.2) is 59.1 Å². The highest BCUT2D eigenvalue weighted by Gasteiger charge is 2.14. The molecule has 27 heavy (non-hydrogen) atoms.